The maximum Gasteiger partial charge on any atom is 0.263 e. The van der Waals surface area contributed by atoms with E-state index in [-0.39, 0.29) is 29.2 Å². The molecule has 3 heterocycles. The summed E-state index contributed by atoms with van der Waals surface area (Å²) in [6, 6.07) is 8.57. The lowest BCUT2D eigenvalue weighted by Gasteiger charge is -2.15. The molecule has 0 aliphatic heterocycles. The summed E-state index contributed by atoms with van der Waals surface area (Å²) in [5, 5.41) is 25.9. The van der Waals surface area contributed by atoms with E-state index in [2.05, 4.69) is 40.9 Å². The highest BCUT2D eigenvalue weighted by Crippen LogP contribution is 2.32. The molecule has 0 spiro atoms. The van der Waals surface area contributed by atoms with Gasteiger partial charge in [-0.15, -0.1) is 0 Å². The van der Waals surface area contributed by atoms with Gasteiger partial charge in [0.05, 0.1) is 12.0 Å². The quantitative estimate of drug-likeness (QED) is 0.155. The third kappa shape index (κ3) is 4.79. The van der Waals surface area contributed by atoms with Crippen molar-refractivity contribution < 1.29 is 14.6 Å². The van der Waals surface area contributed by atoms with Gasteiger partial charge in [0.15, 0.2) is 5.65 Å². The lowest BCUT2D eigenvalue weighted by molar-refractivity contribution is 0.0964. The number of ether oxygens (including phenoxy) is 1. The normalized spacial score (nSPS) is 12.0. The number of anilines is 2. The maximum absolute atomic E-state index is 13.1. The van der Waals surface area contributed by atoms with Crippen LogP contribution in [0.3, 0.4) is 0 Å². The first-order chi connectivity index (χ1) is 16.3. The monoisotopic (exact) mass is 543 g/mol. The molecule has 12 heteroatoms. The van der Waals surface area contributed by atoms with Crippen molar-refractivity contribution in [3.8, 4) is 5.88 Å². The molecule has 0 saturated heterocycles. The fourth-order valence-electron chi connectivity index (χ4n) is 3.41. The Bertz CT molecular complexity index is 1370. The second-order valence-electron chi connectivity index (χ2n) is 7.58. The van der Waals surface area contributed by atoms with Gasteiger partial charge in [-0.1, -0.05) is 0 Å². The number of rotatable bonds is 7. The van der Waals surface area contributed by atoms with E-state index in [1.807, 2.05) is 6.92 Å². The molecule has 34 heavy (non-hydrogen) atoms. The molecule has 0 saturated carbocycles. The molecule has 0 aliphatic rings. The number of benzene rings is 1. The number of nitrogens with one attached hydrogen (secondary N) is 3. The minimum Gasteiger partial charge on any atom is -0.492 e. The van der Waals surface area contributed by atoms with E-state index in [0.29, 0.717) is 38.9 Å². The van der Waals surface area contributed by atoms with Crippen molar-refractivity contribution in [1.82, 2.24) is 24.2 Å². The number of carbonyl (C=O) groups excluding carboxylic acids is 1. The van der Waals surface area contributed by atoms with E-state index < -0.39 is 0 Å². The molecule has 1 unspecified atom stereocenters. The van der Waals surface area contributed by atoms with Crippen molar-refractivity contribution >= 4 is 60.9 Å². The van der Waals surface area contributed by atoms with Gasteiger partial charge in [0.25, 0.3) is 5.91 Å². The van der Waals surface area contributed by atoms with E-state index in [9.17, 15) is 9.90 Å². The summed E-state index contributed by atoms with van der Waals surface area (Å²) in [4.78, 5) is 21.8. The van der Waals surface area contributed by atoms with Crippen molar-refractivity contribution in [2.75, 3.05) is 19.0 Å². The Hall–Kier alpha value is -3.35. The first-order valence-electron chi connectivity index (χ1n) is 10.2. The zero-order chi connectivity index (χ0) is 24.4. The van der Waals surface area contributed by atoms with Crippen molar-refractivity contribution in [1.29, 1.82) is 5.41 Å². The predicted octanol–water partition coefficient (Wildman–Crippen LogP) is 4.05. The van der Waals surface area contributed by atoms with Gasteiger partial charge < -0.3 is 20.5 Å². The Kier molecular flexibility index (Phi) is 6.91. The van der Waals surface area contributed by atoms with Gasteiger partial charge in [0, 0.05) is 30.6 Å². The lowest BCUT2D eigenvalue weighted by Crippen LogP contribution is -2.35. The summed E-state index contributed by atoms with van der Waals surface area (Å²) in [5.74, 6) is 0.144. The largest absolute Gasteiger partial charge is 0.492 e. The first kappa shape index (κ1) is 23.8. The summed E-state index contributed by atoms with van der Waals surface area (Å²) in [7, 11) is 1.58. The molecule has 1 atom stereocenters. The average molecular weight is 544 g/mol. The minimum absolute atomic E-state index is 0.0352. The molecule has 4 rings (SSSR count). The molecule has 176 valence electrons. The highest BCUT2D eigenvalue weighted by Gasteiger charge is 2.20. The van der Waals surface area contributed by atoms with Gasteiger partial charge in [-0.3, -0.25) is 14.8 Å². The molecule has 3 aromatic heterocycles. The molecular formula is C22H22BrN7O3S. The third-order valence-corrected chi connectivity index (χ3v) is 6.31. The van der Waals surface area contributed by atoms with Crippen LogP contribution < -0.4 is 10.6 Å². The van der Waals surface area contributed by atoms with Crippen molar-refractivity contribution in [2.24, 2.45) is 0 Å². The van der Waals surface area contributed by atoms with Crippen molar-refractivity contribution in [2.45, 2.75) is 19.9 Å². The maximum atomic E-state index is 13.1. The number of hydrogen-bond donors (Lipinski definition) is 4. The number of aromatic hydroxyl groups is 1. The number of hydrogen-bond acceptors (Lipinski definition) is 9. The number of methoxy groups -OCH3 is 1. The number of halogens is 1. The molecular weight excluding hydrogens is 522 g/mol. The van der Waals surface area contributed by atoms with E-state index in [4.69, 9.17) is 10.1 Å². The summed E-state index contributed by atoms with van der Waals surface area (Å²) in [6.45, 7) is 4.06. The second kappa shape index (κ2) is 9.87. The SMILES string of the molecule is COCC(C)NC(=N)c1c(O)nsc1Nc1ccc(C(=O)n2ccc3c(Br)nc(C)nc32)cc1. The van der Waals surface area contributed by atoms with Gasteiger partial charge >= 0.3 is 0 Å². The Morgan fingerprint density at radius 3 is 2.74 bits per heavy atom. The highest BCUT2D eigenvalue weighted by atomic mass is 79.9. The van der Waals surface area contributed by atoms with Gasteiger partial charge in [-0.05, 0) is 71.6 Å². The van der Waals surface area contributed by atoms with Crippen LogP contribution in [-0.2, 0) is 4.74 Å². The van der Waals surface area contributed by atoms with Crippen molar-refractivity contribution in [3.05, 3.63) is 58.1 Å². The van der Waals surface area contributed by atoms with Gasteiger partial charge in [0.2, 0.25) is 5.88 Å². The Morgan fingerprint density at radius 1 is 1.29 bits per heavy atom. The number of aromatic nitrogens is 4. The van der Waals surface area contributed by atoms with Crippen LogP contribution in [0.2, 0.25) is 0 Å². The Labute approximate surface area is 207 Å². The Balaban J connectivity index is 1.54. The highest BCUT2D eigenvalue weighted by molar-refractivity contribution is 9.10. The fourth-order valence-corrected chi connectivity index (χ4v) is 4.70. The Morgan fingerprint density at radius 2 is 2.03 bits per heavy atom. The van der Waals surface area contributed by atoms with Gasteiger partial charge in [-0.25, -0.2) is 9.97 Å². The van der Waals surface area contributed by atoms with Crippen LogP contribution >= 0.6 is 27.5 Å². The minimum atomic E-state index is -0.232. The summed E-state index contributed by atoms with van der Waals surface area (Å²) in [6.07, 6.45) is 1.67. The van der Waals surface area contributed by atoms with Gasteiger partial charge in [0.1, 0.15) is 26.8 Å². The molecule has 0 bridgehead atoms. The fraction of sp³-hybridized carbons (Fsp3) is 0.227. The van der Waals surface area contributed by atoms with Crippen LogP contribution in [0.15, 0.2) is 41.1 Å². The number of amidine groups is 1. The van der Waals surface area contributed by atoms with E-state index in [1.54, 1.807) is 50.6 Å². The standard InChI is InChI=1S/C22H22BrN7O3S/c1-11(10-33-3)25-18(24)16-20(31)29-34-21(16)28-14-6-4-13(5-7-14)22(32)30-9-8-15-17(23)26-12(2)27-19(15)30/h4-9,11,28H,10H2,1-3H3,(H2,24,25)(H,29,31). The number of aryl methyl sites for hydroxylation is 1. The summed E-state index contributed by atoms with van der Waals surface area (Å²) in [5.41, 5.74) is 1.96. The van der Waals surface area contributed by atoms with E-state index in [0.717, 1.165) is 16.9 Å². The van der Waals surface area contributed by atoms with Crippen LogP contribution in [0.1, 0.15) is 28.7 Å². The second-order valence-corrected chi connectivity index (χ2v) is 9.10. The zero-order valence-electron chi connectivity index (χ0n) is 18.6. The van der Waals surface area contributed by atoms with Crippen LogP contribution in [0.25, 0.3) is 11.0 Å². The molecule has 0 radical (unpaired) electrons. The first-order valence-corrected chi connectivity index (χ1v) is 11.8. The summed E-state index contributed by atoms with van der Waals surface area (Å²) < 4.78 is 11.2. The van der Waals surface area contributed by atoms with Gasteiger partial charge in [-0.2, -0.15) is 4.37 Å². The van der Waals surface area contributed by atoms with Crippen LogP contribution in [0.4, 0.5) is 10.7 Å². The van der Waals surface area contributed by atoms with Crippen LogP contribution in [0.5, 0.6) is 5.88 Å². The van der Waals surface area contributed by atoms with E-state index >= 15 is 0 Å². The molecule has 0 fully saturated rings. The molecule has 4 aromatic rings. The molecule has 0 aliphatic carbocycles. The molecule has 10 nitrogen and oxygen atoms in total. The molecule has 0 amide bonds. The van der Waals surface area contributed by atoms with Crippen LogP contribution in [0, 0.1) is 12.3 Å². The smallest absolute Gasteiger partial charge is 0.263 e. The number of fused-ring (bicyclic) bond motifs is 1. The zero-order valence-corrected chi connectivity index (χ0v) is 21.0. The predicted molar refractivity (Wildman–Crippen MR) is 134 cm³/mol. The lowest BCUT2D eigenvalue weighted by atomic mass is 10.2. The number of nitrogens with zero attached hydrogens (tertiary/aromatic N) is 4. The molecule has 4 N–H and O–H groups in total. The summed E-state index contributed by atoms with van der Waals surface area (Å²) >= 11 is 4.45. The third-order valence-electron chi connectivity index (χ3n) is 4.95. The molecule has 1 aromatic carbocycles. The average Bonchev–Trinajstić information content (AvgIpc) is 3.37. The van der Waals surface area contributed by atoms with Crippen LogP contribution in [-0.4, -0.2) is 55.5 Å². The number of carbonyl (C=O) groups is 1. The topological polar surface area (TPSA) is 138 Å². The van der Waals surface area contributed by atoms with E-state index in [1.165, 1.54) is 4.57 Å². The van der Waals surface area contributed by atoms with Crippen molar-refractivity contribution in [3.63, 3.8) is 0 Å².